The van der Waals surface area contributed by atoms with E-state index < -0.39 is 0 Å². The van der Waals surface area contributed by atoms with Crippen LogP contribution in [0, 0.1) is 6.92 Å². The van der Waals surface area contributed by atoms with Gasteiger partial charge < -0.3 is 14.3 Å². The zero-order valence-corrected chi connectivity index (χ0v) is 9.37. The fourth-order valence-corrected chi connectivity index (χ4v) is 1.51. The molecular formula is C12H16O3. The smallest absolute Gasteiger partial charge is 0.161 e. The molecule has 0 heterocycles. The number of rotatable bonds is 5. The second-order valence-corrected chi connectivity index (χ2v) is 3.34. The first kappa shape index (κ1) is 11.6. The maximum atomic E-state index is 10.3. The van der Waals surface area contributed by atoms with Gasteiger partial charge in [-0.15, -0.1) is 0 Å². The van der Waals surface area contributed by atoms with Gasteiger partial charge in [0.1, 0.15) is 6.29 Å². The van der Waals surface area contributed by atoms with Crippen LogP contribution in [-0.2, 0) is 11.2 Å². The highest BCUT2D eigenvalue weighted by Gasteiger charge is 2.07. The van der Waals surface area contributed by atoms with Gasteiger partial charge in [-0.3, -0.25) is 0 Å². The number of carbonyl (C=O) groups is 1. The van der Waals surface area contributed by atoms with Crippen molar-refractivity contribution in [2.24, 2.45) is 0 Å². The van der Waals surface area contributed by atoms with Crippen LogP contribution in [-0.4, -0.2) is 20.5 Å². The van der Waals surface area contributed by atoms with E-state index in [-0.39, 0.29) is 0 Å². The normalized spacial score (nSPS) is 9.80. The summed E-state index contributed by atoms with van der Waals surface area (Å²) in [5.41, 5.74) is 2.24. The minimum Gasteiger partial charge on any atom is -0.493 e. The highest BCUT2D eigenvalue weighted by Crippen LogP contribution is 2.30. The number of carbonyl (C=O) groups excluding carboxylic acids is 1. The van der Waals surface area contributed by atoms with Crippen molar-refractivity contribution >= 4 is 6.29 Å². The van der Waals surface area contributed by atoms with Gasteiger partial charge in [-0.25, -0.2) is 0 Å². The van der Waals surface area contributed by atoms with E-state index in [9.17, 15) is 4.79 Å². The minimum atomic E-state index is 0.538. The van der Waals surface area contributed by atoms with Gasteiger partial charge in [0.05, 0.1) is 14.2 Å². The monoisotopic (exact) mass is 208 g/mol. The Hall–Kier alpha value is -1.51. The summed E-state index contributed by atoms with van der Waals surface area (Å²) in [5, 5.41) is 0. The fourth-order valence-electron chi connectivity index (χ4n) is 1.51. The van der Waals surface area contributed by atoms with E-state index >= 15 is 0 Å². The number of benzene rings is 1. The molecular weight excluding hydrogens is 192 g/mol. The molecule has 0 aliphatic carbocycles. The Morgan fingerprint density at radius 1 is 1.20 bits per heavy atom. The SMILES string of the molecule is COc1cc(C)c(CCC=O)cc1OC. The maximum absolute atomic E-state index is 10.3. The summed E-state index contributed by atoms with van der Waals surface area (Å²) in [6.07, 6.45) is 2.21. The van der Waals surface area contributed by atoms with Gasteiger partial charge in [-0.1, -0.05) is 0 Å². The predicted molar refractivity (Wildman–Crippen MR) is 58.7 cm³/mol. The molecule has 15 heavy (non-hydrogen) atoms. The minimum absolute atomic E-state index is 0.538. The van der Waals surface area contributed by atoms with Crippen molar-refractivity contribution in [3.8, 4) is 11.5 Å². The third-order valence-corrected chi connectivity index (χ3v) is 2.37. The zero-order valence-electron chi connectivity index (χ0n) is 9.37. The number of hydrogen-bond acceptors (Lipinski definition) is 3. The molecule has 0 saturated carbocycles. The molecule has 0 amide bonds. The summed E-state index contributed by atoms with van der Waals surface area (Å²) in [6.45, 7) is 2.00. The average molecular weight is 208 g/mol. The van der Waals surface area contributed by atoms with E-state index in [0.717, 1.165) is 29.6 Å². The lowest BCUT2D eigenvalue weighted by Gasteiger charge is -2.11. The third-order valence-electron chi connectivity index (χ3n) is 2.37. The number of aldehydes is 1. The molecule has 0 unspecified atom stereocenters. The third kappa shape index (κ3) is 2.72. The molecule has 0 radical (unpaired) electrons. The van der Waals surface area contributed by atoms with Gasteiger partial charge in [0.25, 0.3) is 0 Å². The van der Waals surface area contributed by atoms with Crippen LogP contribution in [0.5, 0.6) is 11.5 Å². The Morgan fingerprint density at radius 2 is 1.80 bits per heavy atom. The molecule has 82 valence electrons. The largest absolute Gasteiger partial charge is 0.493 e. The summed E-state index contributed by atoms with van der Waals surface area (Å²) < 4.78 is 10.4. The Bertz CT molecular complexity index is 345. The lowest BCUT2D eigenvalue weighted by atomic mass is 10.0. The molecule has 0 aliphatic rings. The number of ether oxygens (including phenoxy) is 2. The molecule has 1 rings (SSSR count). The van der Waals surface area contributed by atoms with Crippen LogP contribution < -0.4 is 9.47 Å². The summed E-state index contributed by atoms with van der Waals surface area (Å²) >= 11 is 0. The molecule has 0 spiro atoms. The van der Waals surface area contributed by atoms with Crippen LogP contribution in [0.2, 0.25) is 0 Å². The van der Waals surface area contributed by atoms with E-state index in [1.165, 1.54) is 0 Å². The van der Waals surface area contributed by atoms with Crippen LogP contribution in [0.3, 0.4) is 0 Å². The summed E-state index contributed by atoms with van der Waals surface area (Å²) in [7, 11) is 3.22. The van der Waals surface area contributed by atoms with E-state index in [4.69, 9.17) is 9.47 Å². The van der Waals surface area contributed by atoms with Crippen molar-refractivity contribution in [1.29, 1.82) is 0 Å². The Kier molecular flexibility index (Phi) is 4.16. The molecule has 0 bridgehead atoms. The molecule has 0 aliphatic heterocycles. The van der Waals surface area contributed by atoms with Crippen LogP contribution in [0.4, 0.5) is 0 Å². The molecule has 0 aromatic heterocycles. The van der Waals surface area contributed by atoms with E-state index in [1.807, 2.05) is 19.1 Å². The van der Waals surface area contributed by atoms with Gasteiger partial charge in [0.2, 0.25) is 0 Å². The van der Waals surface area contributed by atoms with Crippen molar-refractivity contribution in [2.75, 3.05) is 14.2 Å². The second kappa shape index (κ2) is 5.39. The lowest BCUT2D eigenvalue weighted by Crippen LogP contribution is -1.96. The summed E-state index contributed by atoms with van der Waals surface area (Å²) in [6, 6.07) is 3.86. The maximum Gasteiger partial charge on any atom is 0.161 e. The lowest BCUT2D eigenvalue weighted by molar-refractivity contribution is -0.107. The average Bonchev–Trinajstić information content (AvgIpc) is 2.27. The first-order valence-corrected chi connectivity index (χ1v) is 4.88. The second-order valence-electron chi connectivity index (χ2n) is 3.34. The fraction of sp³-hybridized carbons (Fsp3) is 0.417. The van der Waals surface area contributed by atoms with Crippen LogP contribution >= 0.6 is 0 Å². The predicted octanol–water partition coefficient (Wildman–Crippen LogP) is 2.14. The van der Waals surface area contributed by atoms with E-state index in [0.29, 0.717) is 12.2 Å². The molecule has 3 nitrogen and oxygen atoms in total. The first-order valence-electron chi connectivity index (χ1n) is 4.88. The molecule has 0 fully saturated rings. The molecule has 0 saturated heterocycles. The van der Waals surface area contributed by atoms with Gasteiger partial charge in [0.15, 0.2) is 11.5 Å². The van der Waals surface area contributed by atoms with Crippen molar-refractivity contribution in [3.63, 3.8) is 0 Å². The molecule has 0 N–H and O–H groups in total. The quantitative estimate of drug-likeness (QED) is 0.695. The molecule has 1 aromatic rings. The molecule has 0 atom stereocenters. The van der Waals surface area contributed by atoms with Gasteiger partial charge >= 0.3 is 0 Å². The molecule has 3 heteroatoms. The van der Waals surface area contributed by atoms with E-state index in [1.54, 1.807) is 14.2 Å². The van der Waals surface area contributed by atoms with E-state index in [2.05, 4.69) is 0 Å². The van der Waals surface area contributed by atoms with Crippen molar-refractivity contribution in [2.45, 2.75) is 19.8 Å². The van der Waals surface area contributed by atoms with Gasteiger partial charge in [-0.2, -0.15) is 0 Å². The number of hydrogen-bond donors (Lipinski definition) is 0. The number of methoxy groups -OCH3 is 2. The van der Waals surface area contributed by atoms with Crippen molar-refractivity contribution in [3.05, 3.63) is 23.3 Å². The highest BCUT2D eigenvalue weighted by molar-refractivity contribution is 5.52. The first-order chi connectivity index (χ1) is 7.22. The molecule has 1 aromatic carbocycles. The van der Waals surface area contributed by atoms with Crippen LogP contribution in [0.25, 0.3) is 0 Å². The Morgan fingerprint density at radius 3 is 2.33 bits per heavy atom. The standard InChI is InChI=1S/C12H16O3/c1-9-7-11(14-2)12(15-3)8-10(9)5-4-6-13/h6-8H,4-5H2,1-3H3. The van der Waals surface area contributed by atoms with Gasteiger partial charge in [-0.05, 0) is 36.6 Å². The zero-order chi connectivity index (χ0) is 11.3. The van der Waals surface area contributed by atoms with Crippen LogP contribution in [0.1, 0.15) is 17.5 Å². The number of aryl methyl sites for hydroxylation is 2. The van der Waals surface area contributed by atoms with Gasteiger partial charge in [0, 0.05) is 6.42 Å². The van der Waals surface area contributed by atoms with Crippen LogP contribution in [0.15, 0.2) is 12.1 Å². The van der Waals surface area contributed by atoms with Crippen molar-refractivity contribution < 1.29 is 14.3 Å². The van der Waals surface area contributed by atoms with Crippen molar-refractivity contribution in [1.82, 2.24) is 0 Å². The Labute approximate surface area is 90.0 Å². The summed E-state index contributed by atoms with van der Waals surface area (Å²) in [4.78, 5) is 10.3. The Balaban J connectivity index is 3.02. The summed E-state index contributed by atoms with van der Waals surface area (Å²) in [5.74, 6) is 1.44. The highest BCUT2D eigenvalue weighted by atomic mass is 16.5. The topological polar surface area (TPSA) is 35.5 Å².